The molecule has 2 heterocycles. The van der Waals surface area contributed by atoms with Crippen molar-refractivity contribution in [3.8, 4) is 5.75 Å². The van der Waals surface area contributed by atoms with E-state index in [9.17, 15) is 18.8 Å². The van der Waals surface area contributed by atoms with Gasteiger partial charge in [-0.1, -0.05) is 23.7 Å². The maximum atomic E-state index is 14.2. The van der Waals surface area contributed by atoms with Crippen molar-refractivity contribution in [2.75, 3.05) is 12.4 Å². The lowest BCUT2D eigenvalue weighted by Crippen LogP contribution is -2.64. The second-order valence-corrected chi connectivity index (χ2v) is 9.80. The molecule has 5 rings (SSSR count). The Morgan fingerprint density at radius 3 is 2.59 bits per heavy atom. The third-order valence-corrected chi connectivity index (χ3v) is 6.91. The average Bonchev–Trinajstić information content (AvgIpc) is 3.62. The Balaban J connectivity index is 1.38. The van der Waals surface area contributed by atoms with Crippen molar-refractivity contribution in [1.29, 1.82) is 0 Å². The minimum atomic E-state index is -1.19. The van der Waals surface area contributed by atoms with Crippen molar-refractivity contribution in [2.45, 2.75) is 44.4 Å². The molecule has 0 radical (unpaired) electrons. The van der Waals surface area contributed by atoms with E-state index in [1.165, 1.54) is 23.0 Å². The number of fused-ring (bicyclic) bond motifs is 1. The maximum absolute atomic E-state index is 14.2. The molecule has 0 spiro atoms. The zero-order valence-corrected chi connectivity index (χ0v) is 21.0. The highest BCUT2D eigenvalue weighted by atomic mass is 35.5. The van der Waals surface area contributed by atoms with Crippen LogP contribution in [0.1, 0.15) is 46.3 Å². The Morgan fingerprint density at radius 1 is 1.22 bits per heavy atom. The fourth-order valence-electron chi connectivity index (χ4n) is 4.61. The number of amides is 3. The van der Waals surface area contributed by atoms with Crippen LogP contribution in [0.25, 0.3) is 0 Å². The summed E-state index contributed by atoms with van der Waals surface area (Å²) in [7, 11) is 1.58. The van der Waals surface area contributed by atoms with Crippen LogP contribution in [0.3, 0.4) is 0 Å². The van der Waals surface area contributed by atoms with Gasteiger partial charge in [-0.05, 0) is 55.7 Å². The van der Waals surface area contributed by atoms with Crippen LogP contribution >= 0.6 is 11.6 Å². The number of ether oxygens (including phenoxy) is 1. The first kappa shape index (κ1) is 24.8. The number of methoxy groups -OCH3 is 1. The third-order valence-electron chi connectivity index (χ3n) is 6.68. The van der Waals surface area contributed by atoms with E-state index in [-0.39, 0.29) is 47.1 Å². The zero-order chi connectivity index (χ0) is 26.3. The first-order chi connectivity index (χ1) is 17.7. The largest absolute Gasteiger partial charge is 0.497 e. The topological polar surface area (TPSA) is 106 Å². The van der Waals surface area contributed by atoms with Gasteiger partial charge in [0.2, 0.25) is 5.91 Å². The molecule has 2 N–H and O–H groups in total. The number of rotatable bonds is 7. The fraction of sp³-hybridized carbons (Fsp3) is 0.308. The number of benzene rings is 2. The number of carbonyl (C=O) groups excluding carboxylic acids is 3. The Kier molecular flexibility index (Phi) is 6.36. The van der Waals surface area contributed by atoms with Crippen LogP contribution in [0.5, 0.6) is 5.75 Å². The molecule has 3 amide bonds. The predicted octanol–water partition coefficient (Wildman–Crippen LogP) is 3.63. The lowest BCUT2D eigenvalue weighted by molar-refractivity contribution is -0.133. The molecule has 11 heteroatoms. The first-order valence-corrected chi connectivity index (χ1v) is 12.2. The van der Waals surface area contributed by atoms with Gasteiger partial charge in [-0.3, -0.25) is 14.4 Å². The summed E-state index contributed by atoms with van der Waals surface area (Å²) in [5.41, 5.74) is -0.449. The monoisotopic (exact) mass is 525 g/mol. The van der Waals surface area contributed by atoms with Crippen LogP contribution in [0, 0.1) is 5.82 Å². The number of hydrogen-bond acceptors (Lipinski definition) is 5. The molecule has 1 aliphatic carbocycles. The van der Waals surface area contributed by atoms with E-state index in [4.69, 9.17) is 16.3 Å². The molecule has 37 heavy (non-hydrogen) atoms. The smallest absolute Gasteiger partial charge is 0.276 e. The summed E-state index contributed by atoms with van der Waals surface area (Å²) in [5, 5.41) is 5.59. The molecule has 1 fully saturated rings. The van der Waals surface area contributed by atoms with Gasteiger partial charge in [0.15, 0.2) is 5.69 Å². The number of carbonyl (C=O) groups is 3. The molecule has 2 aromatic carbocycles. The molecule has 192 valence electrons. The summed E-state index contributed by atoms with van der Waals surface area (Å²) in [4.78, 5) is 45.9. The van der Waals surface area contributed by atoms with E-state index in [0.29, 0.717) is 5.75 Å². The van der Waals surface area contributed by atoms with E-state index in [1.807, 2.05) is 24.3 Å². The normalized spacial score (nSPS) is 18.8. The number of halogens is 2. The van der Waals surface area contributed by atoms with Crippen LogP contribution in [-0.2, 0) is 17.9 Å². The van der Waals surface area contributed by atoms with E-state index >= 15 is 0 Å². The van der Waals surface area contributed by atoms with E-state index in [1.54, 1.807) is 18.9 Å². The van der Waals surface area contributed by atoms with Gasteiger partial charge in [-0.15, -0.1) is 0 Å². The van der Waals surface area contributed by atoms with Crippen molar-refractivity contribution in [3.05, 3.63) is 76.6 Å². The number of imidazole rings is 1. The summed E-state index contributed by atoms with van der Waals surface area (Å²) in [6.07, 6.45) is 2.89. The lowest BCUT2D eigenvalue weighted by atomic mass is 9.93. The van der Waals surface area contributed by atoms with Gasteiger partial charge in [0.1, 0.15) is 22.8 Å². The number of aromatic nitrogens is 2. The number of nitrogens with one attached hydrogen (secondary N) is 2. The molecule has 9 nitrogen and oxygen atoms in total. The van der Waals surface area contributed by atoms with Crippen LogP contribution < -0.4 is 15.4 Å². The maximum Gasteiger partial charge on any atom is 0.276 e. The molecule has 3 aromatic rings. The first-order valence-electron chi connectivity index (χ1n) is 11.8. The second kappa shape index (κ2) is 9.51. The number of anilines is 1. The molecule has 1 aromatic heterocycles. The van der Waals surface area contributed by atoms with Gasteiger partial charge < -0.3 is 24.8 Å². The second-order valence-electron chi connectivity index (χ2n) is 9.36. The standard InChI is InChI=1S/C26H25ClFN5O4/c1-26(25(36)29-12-15-3-8-18(37-2)9-4-15)13-32-14-30-21(22(32)24(35)33(26)17-6-7-17)23(34)31-20-10-5-16(27)11-19(20)28/h3-5,8-11,14,17H,6-7,12-13H2,1-2H3,(H,29,36)(H,31,34). The van der Waals surface area contributed by atoms with Gasteiger partial charge in [-0.2, -0.15) is 0 Å². The van der Waals surface area contributed by atoms with Crippen LogP contribution in [0.4, 0.5) is 10.1 Å². The molecular weight excluding hydrogens is 501 g/mol. The van der Waals surface area contributed by atoms with Crippen molar-refractivity contribution >= 4 is 35.0 Å². The van der Waals surface area contributed by atoms with Crippen molar-refractivity contribution in [3.63, 3.8) is 0 Å². The quantitative estimate of drug-likeness (QED) is 0.490. The Labute approximate surface area is 217 Å². The molecular formula is C26H25ClFN5O4. The Morgan fingerprint density at radius 2 is 1.95 bits per heavy atom. The minimum absolute atomic E-state index is 0.0687. The van der Waals surface area contributed by atoms with E-state index in [2.05, 4.69) is 15.6 Å². The number of hydrogen-bond donors (Lipinski definition) is 2. The van der Waals surface area contributed by atoms with E-state index in [0.717, 1.165) is 24.5 Å². The molecule has 2 aliphatic rings. The molecule has 1 saturated carbocycles. The lowest BCUT2D eigenvalue weighted by Gasteiger charge is -2.44. The molecule has 1 atom stereocenters. The summed E-state index contributed by atoms with van der Waals surface area (Å²) in [5.74, 6) is -1.49. The predicted molar refractivity (Wildman–Crippen MR) is 134 cm³/mol. The van der Waals surface area contributed by atoms with Crippen LogP contribution in [0.2, 0.25) is 5.02 Å². The van der Waals surface area contributed by atoms with Crippen molar-refractivity contribution < 1.29 is 23.5 Å². The zero-order valence-electron chi connectivity index (χ0n) is 20.3. The summed E-state index contributed by atoms with van der Waals surface area (Å²) in [6.45, 7) is 2.12. The van der Waals surface area contributed by atoms with E-state index < -0.39 is 23.2 Å². The molecule has 1 unspecified atom stereocenters. The van der Waals surface area contributed by atoms with Gasteiger partial charge in [0, 0.05) is 17.6 Å². The summed E-state index contributed by atoms with van der Waals surface area (Å²) < 4.78 is 20.9. The number of nitrogens with zero attached hydrogens (tertiary/aromatic N) is 3. The SMILES string of the molecule is COc1ccc(CNC(=O)C2(C)Cn3cnc(C(=O)Nc4ccc(Cl)cc4F)c3C(=O)N2C2CC2)cc1. The summed E-state index contributed by atoms with van der Waals surface area (Å²) >= 11 is 5.78. The van der Waals surface area contributed by atoms with Gasteiger partial charge in [0.25, 0.3) is 11.8 Å². The van der Waals surface area contributed by atoms with Gasteiger partial charge in [-0.25, -0.2) is 9.37 Å². The third kappa shape index (κ3) is 4.64. The minimum Gasteiger partial charge on any atom is -0.497 e. The summed E-state index contributed by atoms with van der Waals surface area (Å²) in [6, 6.07) is 11.1. The highest BCUT2D eigenvalue weighted by molar-refractivity contribution is 6.30. The average molecular weight is 526 g/mol. The van der Waals surface area contributed by atoms with Gasteiger partial charge >= 0.3 is 0 Å². The highest BCUT2D eigenvalue weighted by Gasteiger charge is 2.53. The fourth-order valence-corrected chi connectivity index (χ4v) is 4.77. The highest BCUT2D eigenvalue weighted by Crippen LogP contribution is 2.39. The molecule has 0 bridgehead atoms. The molecule has 1 aliphatic heterocycles. The van der Waals surface area contributed by atoms with Crippen molar-refractivity contribution in [1.82, 2.24) is 19.8 Å². The van der Waals surface area contributed by atoms with Gasteiger partial charge in [0.05, 0.1) is 25.7 Å². The van der Waals surface area contributed by atoms with Crippen molar-refractivity contribution in [2.24, 2.45) is 0 Å². The van der Waals surface area contributed by atoms with Crippen LogP contribution in [-0.4, -0.2) is 50.9 Å². The molecule has 0 saturated heterocycles. The van der Waals surface area contributed by atoms with Crippen LogP contribution in [0.15, 0.2) is 48.8 Å². The Hall–Kier alpha value is -3.92. The Bertz CT molecular complexity index is 1390.